The molecule has 0 heterocycles. The number of benzene rings is 1. The van der Waals surface area contributed by atoms with E-state index < -0.39 is 12.0 Å². The lowest BCUT2D eigenvalue weighted by atomic mass is 10.2. The van der Waals surface area contributed by atoms with Gasteiger partial charge in [-0.3, -0.25) is 5.43 Å². The molecule has 0 unspecified atom stereocenters. The Morgan fingerprint density at radius 3 is 2.64 bits per heavy atom. The summed E-state index contributed by atoms with van der Waals surface area (Å²) in [7, 11) is 0. The highest BCUT2D eigenvalue weighted by Crippen LogP contribution is 2.09. The van der Waals surface area contributed by atoms with Gasteiger partial charge in [-0.05, 0) is 18.2 Å². The number of anilines is 1. The summed E-state index contributed by atoms with van der Waals surface area (Å²) in [6.07, 6.45) is 0. The van der Waals surface area contributed by atoms with E-state index in [0.717, 1.165) is 0 Å². The minimum absolute atomic E-state index is 0.0971. The molecule has 0 aliphatic heterocycles. The summed E-state index contributed by atoms with van der Waals surface area (Å²) < 4.78 is 0. The number of hydrogen-bond acceptors (Lipinski definition) is 3. The molecular weight excluding hydrogens is 186 g/mol. The van der Waals surface area contributed by atoms with Gasteiger partial charge in [0.05, 0.1) is 5.56 Å². The zero-order valence-electron chi connectivity index (χ0n) is 7.15. The first kappa shape index (κ1) is 10.0. The number of nitrogens with two attached hydrogens (primary N) is 1. The Hall–Kier alpha value is -2.08. The first-order valence-corrected chi connectivity index (χ1v) is 3.74. The molecule has 0 radical (unpaired) electrons. The van der Waals surface area contributed by atoms with Crippen LogP contribution in [0.15, 0.2) is 24.3 Å². The molecule has 0 spiro atoms. The molecule has 14 heavy (non-hydrogen) atoms. The van der Waals surface area contributed by atoms with Crippen LogP contribution in [0.4, 0.5) is 10.5 Å². The zero-order valence-corrected chi connectivity index (χ0v) is 7.15. The molecule has 2 amide bonds. The Labute approximate surface area is 79.7 Å². The van der Waals surface area contributed by atoms with Gasteiger partial charge in [-0.1, -0.05) is 6.07 Å². The van der Waals surface area contributed by atoms with E-state index in [1.807, 2.05) is 5.43 Å². The lowest BCUT2D eigenvalue weighted by molar-refractivity contribution is 0.0697. The Morgan fingerprint density at radius 2 is 2.07 bits per heavy atom. The number of nitrogens with one attached hydrogen (secondary N) is 2. The van der Waals surface area contributed by atoms with E-state index in [2.05, 4.69) is 5.32 Å². The fourth-order valence-electron chi connectivity index (χ4n) is 0.897. The molecule has 6 nitrogen and oxygen atoms in total. The summed E-state index contributed by atoms with van der Waals surface area (Å²) in [5.74, 6) is 3.79. The van der Waals surface area contributed by atoms with Crippen molar-refractivity contribution in [3.63, 3.8) is 0 Å². The van der Waals surface area contributed by atoms with Gasteiger partial charge >= 0.3 is 12.0 Å². The summed E-state index contributed by atoms with van der Waals surface area (Å²) in [6.45, 7) is 0. The van der Waals surface area contributed by atoms with Gasteiger partial charge < -0.3 is 10.4 Å². The second-order valence-corrected chi connectivity index (χ2v) is 2.48. The molecular formula is C8H9N3O3. The van der Waals surface area contributed by atoms with Crippen molar-refractivity contribution in [2.45, 2.75) is 0 Å². The molecule has 0 fully saturated rings. The molecule has 0 atom stereocenters. The van der Waals surface area contributed by atoms with Crippen molar-refractivity contribution < 1.29 is 14.7 Å². The van der Waals surface area contributed by atoms with Crippen molar-refractivity contribution in [2.75, 3.05) is 5.32 Å². The number of rotatable bonds is 2. The number of carbonyl (C=O) groups excluding carboxylic acids is 1. The van der Waals surface area contributed by atoms with E-state index in [9.17, 15) is 9.59 Å². The number of aromatic carboxylic acids is 1. The number of carboxylic acids is 1. The van der Waals surface area contributed by atoms with Crippen LogP contribution in [0.2, 0.25) is 0 Å². The topological polar surface area (TPSA) is 104 Å². The highest BCUT2D eigenvalue weighted by atomic mass is 16.4. The predicted octanol–water partition coefficient (Wildman–Crippen LogP) is 0.380. The molecule has 0 aromatic heterocycles. The first-order chi connectivity index (χ1) is 6.63. The summed E-state index contributed by atoms with van der Waals surface area (Å²) in [6, 6.07) is 5.23. The van der Waals surface area contributed by atoms with E-state index in [1.165, 1.54) is 18.2 Å². The number of carbonyl (C=O) groups is 2. The number of amides is 2. The Balaban J connectivity index is 2.83. The van der Waals surface area contributed by atoms with Crippen LogP contribution in [0.1, 0.15) is 10.4 Å². The zero-order chi connectivity index (χ0) is 10.6. The van der Waals surface area contributed by atoms with Crippen molar-refractivity contribution in [1.82, 2.24) is 5.43 Å². The van der Waals surface area contributed by atoms with E-state index in [4.69, 9.17) is 10.9 Å². The summed E-state index contributed by atoms with van der Waals surface area (Å²) in [5.41, 5.74) is 2.33. The fraction of sp³-hybridized carbons (Fsp3) is 0. The van der Waals surface area contributed by atoms with Gasteiger partial charge in [-0.2, -0.15) is 0 Å². The highest BCUT2D eigenvalue weighted by Gasteiger charge is 2.04. The molecule has 0 bridgehead atoms. The number of hydrogen-bond donors (Lipinski definition) is 4. The van der Waals surface area contributed by atoms with Crippen LogP contribution in [-0.4, -0.2) is 17.1 Å². The van der Waals surface area contributed by atoms with Crippen molar-refractivity contribution in [3.05, 3.63) is 29.8 Å². The van der Waals surface area contributed by atoms with Crippen LogP contribution >= 0.6 is 0 Å². The lowest BCUT2D eigenvalue weighted by Gasteiger charge is -2.04. The average molecular weight is 195 g/mol. The summed E-state index contributed by atoms with van der Waals surface area (Å²) in [5, 5.41) is 11.0. The number of urea groups is 1. The molecule has 0 saturated heterocycles. The monoisotopic (exact) mass is 195 g/mol. The molecule has 1 aromatic carbocycles. The minimum atomic E-state index is -1.05. The average Bonchev–Trinajstić information content (AvgIpc) is 2.18. The van der Waals surface area contributed by atoms with Gasteiger partial charge in [0.1, 0.15) is 0 Å². The van der Waals surface area contributed by atoms with E-state index in [-0.39, 0.29) is 5.56 Å². The third-order valence-corrected chi connectivity index (χ3v) is 1.50. The molecule has 0 aliphatic rings. The Bertz CT molecular complexity index is 365. The molecule has 5 N–H and O–H groups in total. The highest BCUT2D eigenvalue weighted by molar-refractivity contribution is 5.92. The van der Waals surface area contributed by atoms with E-state index >= 15 is 0 Å². The second kappa shape index (κ2) is 4.24. The van der Waals surface area contributed by atoms with Crippen LogP contribution < -0.4 is 16.6 Å². The smallest absolute Gasteiger partial charge is 0.335 e. The molecule has 0 saturated carbocycles. The maximum atomic E-state index is 10.8. The largest absolute Gasteiger partial charge is 0.478 e. The van der Waals surface area contributed by atoms with Gasteiger partial charge in [0, 0.05) is 5.69 Å². The fourth-order valence-corrected chi connectivity index (χ4v) is 0.897. The number of hydrazine groups is 1. The van der Waals surface area contributed by atoms with Crippen molar-refractivity contribution >= 4 is 17.7 Å². The Morgan fingerprint density at radius 1 is 1.36 bits per heavy atom. The molecule has 1 aromatic rings. The van der Waals surface area contributed by atoms with Crippen molar-refractivity contribution in [3.8, 4) is 0 Å². The van der Waals surface area contributed by atoms with Crippen LogP contribution in [0, 0.1) is 0 Å². The van der Waals surface area contributed by atoms with Crippen LogP contribution in [0.3, 0.4) is 0 Å². The molecule has 74 valence electrons. The van der Waals surface area contributed by atoms with Crippen LogP contribution in [0.5, 0.6) is 0 Å². The molecule has 0 aliphatic carbocycles. The minimum Gasteiger partial charge on any atom is -0.478 e. The lowest BCUT2D eigenvalue weighted by Crippen LogP contribution is -2.34. The van der Waals surface area contributed by atoms with Gasteiger partial charge in [0.15, 0.2) is 0 Å². The molecule has 6 heteroatoms. The SMILES string of the molecule is NNC(=O)Nc1cccc(C(=O)O)c1. The van der Waals surface area contributed by atoms with Gasteiger partial charge in [0.2, 0.25) is 0 Å². The predicted molar refractivity (Wildman–Crippen MR) is 49.7 cm³/mol. The van der Waals surface area contributed by atoms with Gasteiger partial charge in [-0.25, -0.2) is 15.4 Å². The van der Waals surface area contributed by atoms with Crippen molar-refractivity contribution in [1.29, 1.82) is 0 Å². The van der Waals surface area contributed by atoms with E-state index in [1.54, 1.807) is 6.07 Å². The van der Waals surface area contributed by atoms with Crippen LogP contribution in [-0.2, 0) is 0 Å². The standard InChI is InChI=1S/C8H9N3O3/c9-11-8(14)10-6-3-1-2-5(4-6)7(12)13/h1-4H,9H2,(H,12,13)(H2,10,11,14). The van der Waals surface area contributed by atoms with Gasteiger partial charge in [0.25, 0.3) is 0 Å². The second-order valence-electron chi connectivity index (χ2n) is 2.48. The normalized spacial score (nSPS) is 9.21. The Kier molecular flexibility index (Phi) is 3.03. The van der Waals surface area contributed by atoms with Crippen LogP contribution in [0.25, 0.3) is 0 Å². The first-order valence-electron chi connectivity index (χ1n) is 3.74. The summed E-state index contributed by atoms with van der Waals surface area (Å²) in [4.78, 5) is 21.3. The summed E-state index contributed by atoms with van der Waals surface area (Å²) >= 11 is 0. The molecule has 1 rings (SSSR count). The quantitative estimate of drug-likeness (QED) is 0.311. The maximum Gasteiger partial charge on any atom is 0.335 e. The van der Waals surface area contributed by atoms with Gasteiger partial charge in [-0.15, -0.1) is 0 Å². The van der Waals surface area contributed by atoms with E-state index in [0.29, 0.717) is 5.69 Å². The maximum absolute atomic E-state index is 10.8. The third-order valence-electron chi connectivity index (χ3n) is 1.50. The third kappa shape index (κ3) is 2.46. The van der Waals surface area contributed by atoms with Crippen molar-refractivity contribution in [2.24, 2.45) is 5.84 Å². The number of carboxylic acid groups (broad SMARTS) is 1.